The summed E-state index contributed by atoms with van der Waals surface area (Å²) in [4.78, 5) is 27.9. The Morgan fingerprint density at radius 3 is 2.57 bits per heavy atom. The van der Waals surface area contributed by atoms with Crippen LogP contribution in [-0.2, 0) is 0 Å². The standard InChI is InChI=1S/C16H10F2N2O3/c17-11-4-7-3-9-14(21)10(16(22)23)6-20(8-1-2-8)15(9)19-13(7)5-12(11)18/h3-6,8H,1-2H2,(H,22,23). The minimum atomic E-state index is -1.32. The van der Waals surface area contributed by atoms with E-state index in [4.69, 9.17) is 0 Å². The molecule has 2 heterocycles. The monoisotopic (exact) mass is 316 g/mol. The third-order valence-corrected chi connectivity index (χ3v) is 4.01. The lowest BCUT2D eigenvalue weighted by atomic mass is 10.1. The Labute approximate surface area is 127 Å². The van der Waals surface area contributed by atoms with Crippen LogP contribution in [0.25, 0.3) is 21.9 Å². The maximum Gasteiger partial charge on any atom is 0.341 e. The zero-order chi connectivity index (χ0) is 16.3. The Balaban J connectivity index is 2.17. The molecule has 1 fully saturated rings. The number of fused-ring (bicyclic) bond motifs is 2. The van der Waals surface area contributed by atoms with Crippen LogP contribution in [-0.4, -0.2) is 20.6 Å². The second-order valence-corrected chi connectivity index (χ2v) is 5.63. The highest BCUT2D eigenvalue weighted by Crippen LogP contribution is 2.37. The van der Waals surface area contributed by atoms with Gasteiger partial charge in [-0.2, -0.15) is 0 Å². The van der Waals surface area contributed by atoms with Crippen molar-refractivity contribution in [2.75, 3.05) is 0 Å². The summed E-state index contributed by atoms with van der Waals surface area (Å²) in [5, 5.41) is 9.54. The lowest BCUT2D eigenvalue weighted by Gasteiger charge is -2.11. The van der Waals surface area contributed by atoms with Crippen LogP contribution in [0.2, 0.25) is 0 Å². The fourth-order valence-electron chi connectivity index (χ4n) is 2.71. The van der Waals surface area contributed by atoms with E-state index in [1.165, 1.54) is 12.3 Å². The van der Waals surface area contributed by atoms with E-state index in [2.05, 4.69) is 4.98 Å². The molecule has 2 aromatic heterocycles. The van der Waals surface area contributed by atoms with E-state index in [1.54, 1.807) is 4.57 Å². The molecule has 0 saturated heterocycles. The van der Waals surface area contributed by atoms with Crippen LogP contribution in [0, 0.1) is 11.6 Å². The van der Waals surface area contributed by atoms with Crippen molar-refractivity contribution in [1.29, 1.82) is 0 Å². The van der Waals surface area contributed by atoms with Gasteiger partial charge in [0.15, 0.2) is 11.6 Å². The van der Waals surface area contributed by atoms with Gasteiger partial charge in [-0.1, -0.05) is 0 Å². The number of pyridine rings is 2. The highest BCUT2D eigenvalue weighted by molar-refractivity contribution is 5.96. The van der Waals surface area contributed by atoms with Crippen LogP contribution in [0.3, 0.4) is 0 Å². The first kappa shape index (κ1) is 13.8. The molecule has 1 aromatic carbocycles. The van der Waals surface area contributed by atoms with Crippen LogP contribution in [0.1, 0.15) is 29.2 Å². The highest BCUT2D eigenvalue weighted by atomic mass is 19.2. The number of nitrogens with zero attached hydrogens (tertiary/aromatic N) is 2. The quantitative estimate of drug-likeness (QED) is 0.738. The molecule has 1 N–H and O–H groups in total. The van der Waals surface area contributed by atoms with E-state index < -0.39 is 23.0 Å². The number of carboxylic acid groups (broad SMARTS) is 1. The number of aromatic carboxylic acids is 1. The first-order valence-electron chi connectivity index (χ1n) is 7.03. The summed E-state index contributed by atoms with van der Waals surface area (Å²) in [6.45, 7) is 0. The minimum Gasteiger partial charge on any atom is -0.477 e. The number of benzene rings is 1. The summed E-state index contributed by atoms with van der Waals surface area (Å²) in [7, 11) is 0. The SMILES string of the molecule is O=C(O)c1cn(C2CC2)c2nc3cc(F)c(F)cc3cc2c1=O. The average Bonchev–Trinajstić information content (AvgIpc) is 3.32. The molecule has 0 amide bonds. The number of hydrogen-bond donors (Lipinski definition) is 1. The van der Waals surface area contributed by atoms with E-state index in [9.17, 15) is 23.5 Å². The number of halogens is 2. The molecule has 116 valence electrons. The van der Waals surface area contributed by atoms with E-state index >= 15 is 0 Å². The normalized spacial score (nSPS) is 14.5. The summed E-state index contributed by atoms with van der Waals surface area (Å²) in [5.41, 5.74) is -0.522. The molecule has 4 rings (SSSR count). The van der Waals surface area contributed by atoms with Gasteiger partial charge in [0, 0.05) is 23.7 Å². The molecule has 0 bridgehead atoms. The van der Waals surface area contributed by atoms with Gasteiger partial charge in [0.2, 0.25) is 5.43 Å². The molecule has 5 nitrogen and oxygen atoms in total. The van der Waals surface area contributed by atoms with Crippen molar-refractivity contribution < 1.29 is 18.7 Å². The Morgan fingerprint density at radius 1 is 1.22 bits per heavy atom. The second-order valence-electron chi connectivity index (χ2n) is 5.63. The van der Waals surface area contributed by atoms with Crippen molar-refractivity contribution in [1.82, 2.24) is 9.55 Å². The molecule has 1 saturated carbocycles. The summed E-state index contributed by atoms with van der Waals surface area (Å²) in [6.07, 6.45) is 2.99. The van der Waals surface area contributed by atoms with Gasteiger partial charge in [-0.25, -0.2) is 18.6 Å². The zero-order valence-corrected chi connectivity index (χ0v) is 11.7. The Kier molecular flexibility index (Phi) is 2.75. The number of carboxylic acids is 1. The number of rotatable bonds is 2. The lowest BCUT2D eigenvalue weighted by Crippen LogP contribution is -2.19. The van der Waals surface area contributed by atoms with Crippen molar-refractivity contribution >= 4 is 27.9 Å². The van der Waals surface area contributed by atoms with Crippen LogP contribution in [0.4, 0.5) is 8.78 Å². The summed E-state index contributed by atoms with van der Waals surface area (Å²) in [6, 6.07) is 3.36. The zero-order valence-electron chi connectivity index (χ0n) is 11.7. The first-order valence-corrected chi connectivity index (χ1v) is 7.03. The van der Waals surface area contributed by atoms with E-state index in [1.807, 2.05) is 0 Å². The average molecular weight is 316 g/mol. The molecule has 0 unspecified atom stereocenters. The fourth-order valence-corrected chi connectivity index (χ4v) is 2.71. The van der Waals surface area contributed by atoms with Gasteiger partial charge in [-0.15, -0.1) is 0 Å². The molecule has 0 spiro atoms. The molecular weight excluding hydrogens is 306 g/mol. The van der Waals surface area contributed by atoms with Gasteiger partial charge < -0.3 is 9.67 Å². The third-order valence-electron chi connectivity index (χ3n) is 4.01. The van der Waals surface area contributed by atoms with Gasteiger partial charge >= 0.3 is 5.97 Å². The molecule has 23 heavy (non-hydrogen) atoms. The van der Waals surface area contributed by atoms with E-state index in [0.717, 1.165) is 25.0 Å². The van der Waals surface area contributed by atoms with Crippen molar-refractivity contribution in [2.24, 2.45) is 0 Å². The predicted molar refractivity (Wildman–Crippen MR) is 78.7 cm³/mol. The molecule has 3 aromatic rings. The molecule has 0 atom stereocenters. The molecular formula is C16H10F2N2O3. The maximum absolute atomic E-state index is 13.4. The van der Waals surface area contributed by atoms with Crippen LogP contribution >= 0.6 is 0 Å². The van der Waals surface area contributed by atoms with Crippen LogP contribution < -0.4 is 5.43 Å². The largest absolute Gasteiger partial charge is 0.477 e. The molecule has 0 radical (unpaired) electrons. The maximum atomic E-state index is 13.4. The second kappa shape index (κ2) is 4.58. The molecule has 1 aliphatic carbocycles. The lowest BCUT2D eigenvalue weighted by molar-refractivity contribution is 0.0695. The van der Waals surface area contributed by atoms with Crippen molar-refractivity contribution in [3.63, 3.8) is 0 Å². The van der Waals surface area contributed by atoms with Gasteiger partial charge in [-0.3, -0.25) is 4.79 Å². The van der Waals surface area contributed by atoms with Crippen molar-refractivity contribution in [2.45, 2.75) is 18.9 Å². The smallest absolute Gasteiger partial charge is 0.341 e. The summed E-state index contributed by atoms with van der Waals surface area (Å²) >= 11 is 0. The predicted octanol–water partition coefficient (Wildman–Crippen LogP) is 2.86. The number of hydrogen-bond acceptors (Lipinski definition) is 3. The van der Waals surface area contributed by atoms with Gasteiger partial charge in [0.05, 0.1) is 10.9 Å². The topological polar surface area (TPSA) is 72.2 Å². The summed E-state index contributed by atoms with van der Waals surface area (Å²) < 4.78 is 28.4. The first-order chi connectivity index (χ1) is 11.0. The fraction of sp³-hybridized carbons (Fsp3) is 0.188. The van der Waals surface area contributed by atoms with Crippen molar-refractivity contribution in [3.8, 4) is 0 Å². The van der Waals surface area contributed by atoms with Crippen LogP contribution in [0.5, 0.6) is 0 Å². The van der Waals surface area contributed by atoms with Gasteiger partial charge in [0.1, 0.15) is 11.2 Å². The van der Waals surface area contributed by atoms with Crippen molar-refractivity contribution in [3.05, 3.63) is 51.8 Å². The van der Waals surface area contributed by atoms with E-state index in [0.29, 0.717) is 5.65 Å². The van der Waals surface area contributed by atoms with Gasteiger partial charge in [-0.05, 0) is 25.0 Å². The Morgan fingerprint density at radius 2 is 1.91 bits per heavy atom. The number of carbonyl (C=O) groups is 1. The third kappa shape index (κ3) is 2.08. The Hall–Kier alpha value is -2.83. The molecule has 7 heteroatoms. The molecule has 0 aliphatic heterocycles. The Bertz CT molecular complexity index is 1050. The number of aromatic nitrogens is 2. The summed E-state index contributed by atoms with van der Waals surface area (Å²) in [5.74, 6) is -3.39. The van der Waals surface area contributed by atoms with Crippen LogP contribution in [0.15, 0.2) is 29.2 Å². The van der Waals surface area contributed by atoms with E-state index in [-0.39, 0.29) is 27.9 Å². The minimum absolute atomic E-state index is 0.0754. The molecule has 1 aliphatic rings. The highest BCUT2D eigenvalue weighted by Gasteiger charge is 2.27. The van der Waals surface area contributed by atoms with Gasteiger partial charge in [0.25, 0.3) is 0 Å².